The van der Waals surface area contributed by atoms with Crippen LogP contribution in [-0.4, -0.2) is 39.1 Å². The fourth-order valence-electron chi connectivity index (χ4n) is 1.64. The quantitative estimate of drug-likeness (QED) is 0.786. The minimum Gasteiger partial charge on any atom is -0.457 e. The molecule has 0 atom stereocenters. The van der Waals surface area contributed by atoms with Crippen LogP contribution in [0.4, 0.5) is 0 Å². The normalized spacial score (nSPS) is 11.8. The first-order valence-electron chi connectivity index (χ1n) is 7.04. The zero-order valence-electron chi connectivity index (χ0n) is 13.6. The molecular formula is C15H21NO6S. The van der Waals surface area contributed by atoms with Crippen LogP contribution in [0, 0.1) is 0 Å². The molecule has 0 unspecified atom stereocenters. The van der Waals surface area contributed by atoms with Crippen LogP contribution < -0.4 is 4.72 Å². The van der Waals surface area contributed by atoms with Gasteiger partial charge in [0, 0.05) is 6.54 Å². The van der Waals surface area contributed by atoms with Crippen LogP contribution >= 0.6 is 0 Å². The van der Waals surface area contributed by atoms with Gasteiger partial charge in [-0.1, -0.05) is 13.0 Å². The molecule has 128 valence electrons. The number of carbonyl (C=O) groups excluding carboxylic acids is 2. The third-order valence-electron chi connectivity index (χ3n) is 2.46. The average molecular weight is 343 g/mol. The van der Waals surface area contributed by atoms with Gasteiger partial charge in [0.15, 0.2) is 6.61 Å². The first kappa shape index (κ1) is 19.1. The lowest BCUT2D eigenvalue weighted by Crippen LogP contribution is -2.27. The molecule has 0 saturated carbocycles. The molecule has 0 aliphatic rings. The molecule has 0 saturated heterocycles. The van der Waals surface area contributed by atoms with Crippen LogP contribution in [0.5, 0.6) is 0 Å². The van der Waals surface area contributed by atoms with Crippen molar-refractivity contribution in [1.29, 1.82) is 0 Å². The minimum atomic E-state index is -3.67. The molecule has 23 heavy (non-hydrogen) atoms. The third-order valence-corrected chi connectivity index (χ3v) is 4.00. The lowest BCUT2D eigenvalue weighted by molar-refractivity contribution is -0.158. The summed E-state index contributed by atoms with van der Waals surface area (Å²) >= 11 is 0. The van der Waals surface area contributed by atoms with E-state index >= 15 is 0 Å². The summed E-state index contributed by atoms with van der Waals surface area (Å²) < 4.78 is 36.0. The zero-order chi connectivity index (χ0) is 17.7. The lowest BCUT2D eigenvalue weighted by Gasteiger charge is -2.19. The van der Waals surface area contributed by atoms with Crippen molar-refractivity contribution in [2.75, 3.05) is 13.2 Å². The molecular weight excluding hydrogens is 322 g/mol. The molecule has 0 aliphatic heterocycles. The summed E-state index contributed by atoms with van der Waals surface area (Å²) in [6.07, 6.45) is 0. The highest BCUT2D eigenvalue weighted by Gasteiger charge is 2.19. The molecule has 1 aromatic rings. The number of hydrogen-bond donors (Lipinski definition) is 1. The van der Waals surface area contributed by atoms with Crippen molar-refractivity contribution in [3.05, 3.63) is 29.8 Å². The molecule has 0 aromatic heterocycles. The predicted molar refractivity (Wildman–Crippen MR) is 83.4 cm³/mol. The van der Waals surface area contributed by atoms with E-state index in [0.29, 0.717) is 0 Å². The molecule has 0 aliphatic carbocycles. The highest BCUT2D eigenvalue weighted by atomic mass is 32.2. The largest absolute Gasteiger partial charge is 0.457 e. The molecule has 0 radical (unpaired) electrons. The Balaban J connectivity index is 2.77. The van der Waals surface area contributed by atoms with Crippen LogP contribution in [-0.2, 0) is 24.3 Å². The first-order chi connectivity index (χ1) is 10.5. The molecule has 0 heterocycles. The van der Waals surface area contributed by atoms with Crippen LogP contribution in [0.15, 0.2) is 29.2 Å². The fourth-order valence-corrected chi connectivity index (χ4v) is 2.73. The number of rotatable bonds is 6. The highest BCUT2D eigenvalue weighted by Crippen LogP contribution is 2.13. The fraction of sp³-hybridized carbons (Fsp3) is 0.467. The van der Waals surface area contributed by atoms with E-state index in [4.69, 9.17) is 9.47 Å². The van der Waals surface area contributed by atoms with Gasteiger partial charge in [-0.3, -0.25) is 0 Å². The lowest BCUT2D eigenvalue weighted by atomic mass is 10.2. The Labute approximate surface area is 136 Å². The SMILES string of the molecule is CCNS(=O)(=O)c1cccc(C(=O)OCC(=O)OC(C)(C)C)c1. The summed E-state index contributed by atoms with van der Waals surface area (Å²) in [5.41, 5.74) is -0.643. The Morgan fingerprint density at radius 1 is 1.22 bits per heavy atom. The predicted octanol–water partition coefficient (Wildman–Crippen LogP) is 1.48. The summed E-state index contributed by atoms with van der Waals surface area (Å²) in [7, 11) is -3.67. The zero-order valence-corrected chi connectivity index (χ0v) is 14.4. The number of sulfonamides is 1. The summed E-state index contributed by atoms with van der Waals surface area (Å²) in [6.45, 7) is 6.43. The van der Waals surface area contributed by atoms with Gasteiger partial charge < -0.3 is 9.47 Å². The Morgan fingerprint density at radius 2 is 1.87 bits per heavy atom. The number of nitrogens with one attached hydrogen (secondary N) is 1. The van der Waals surface area contributed by atoms with Gasteiger partial charge in [-0.05, 0) is 39.0 Å². The van der Waals surface area contributed by atoms with Crippen molar-refractivity contribution < 1.29 is 27.5 Å². The van der Waals surface area contributed by atoms with E-state index in [9.17, 15) is 18.0 Å². The average Bonchev–Trinajstić information content (AvgIpc) is 2.43. The van der Waals surface area contributed by atoms with Crippen LogP contribution in [0.1, 0.15) is 38.1 Å². The second kappa shape index (κ2) is 7.56. The third kappa shape index (κ3) is 6.37. The molecule has 0 bridgehead atoms. The van der Waals surface area contributed by atoms with Crippen molar-refractivity contribution in [2.24, 2.45) is 0 Å². The maximum Gasteiger partial charge on any atom is 0.344 e. The van der Waals surface area contributed by atoms with E-state index in [1.165, 1.54) is 24.3 Å². The maximum atomic E-state index is 11.9. The Kier molecular flexibility index (Phi) is 6.28. The second-order valence-electron chi connectivity index (χ2n) is 5.69. The Hall–Kier alpha value is -1.93. The molecule has 8 heteroatoms. The van der Waals surface area contributed by atoms with Gasteiger partial charge >= 0.3 is 11.9 Å². The maximum absolute atomic E-state index is 11.9. The number of carbonyl (C=O) groups is 2. The minimum absolute atomic E-state index is 0.0348. The van der Waals surface area contributed by atoms with Gasteiger partial charge in [0.25, 0.3) is 0 Å². The Morgan fingerprint density at radius 3 is 2.43 bits per heavy atom. The van der Waals surface area contributed by atoms with Crippen LogP contribution in [0.3, 0.4) is 0 Å². The van der Waals surface area contributed by atoms with Crippen molar-refractivity contribution in [3.63, 3.8) is 0 Å². The van der Waals surface area contributed by atoms with Gasteiger partial charge in [-0.15, -0.1) is 0 Å². The summed E-state index contributed by atoms with van der Waals surface area (Å²) in [5.74, 6) is -1.48. The second-order valence-corrected chi connectivity index (χ2v) is 7.46. The molecule has 1 aromatic carbocycles. The summed E-state index contributed by atoms with van der Waals surface area (Å²) in [4.78, 5) is 23.4. The summed E-state index contributed by atoms with van der Waals surface area (Å²) in [5, 5.41) is 0. The standard InChI is InChI=1S/C15H21NO6S/c1-5-16-23(19,20)12-8-6-7-11(9-12)14(18)21-10-13(17)22-15(2,3)4/h6-9,16H,5,10H2,1-4H3. The van der Waals surface area contributed by atoms with Gasteiger partial charge in [0.05, 0.1) is 10.5 Å². The van der Waals surface area contributed by atoms with Crippen LogP contribution in [0.2, 0.25) is 0 Å². The van der Waals surface area contributed by atoms with Crippen molar-refractivity contribution in [2.45, 2.75) is 38.2 Å². The molecule has 0 spiro atoms. The van der Waals surface area contributed by atoms with Crippen molar-refractivity contribution in [1.82, 2.24) is 4.72 Å². The van der Waals surface area contributed by atoms with Crippen molar-refractivity contribution in [3.8, 4) is 0 Å². The summed E-state index contributed by atoms with van der Waals surface area (Å²) in [6, 6.07) is 5.38. The topological polar surface area (TPSA) is 98.8 Å². The molecule has 1 N–H and O–H groups in total. The van der Waals surface area contributed by atoms with Gasteiger partial charge in [-0.25, -0.2) is 22.7 Å². The molecule has 1 rings (SSSR count). The molecule has 7 nitrogen and oxygen atoms in total. The molecule has 0 fully saturated rings. The van der Waals surface area contributed by atoms with E-state index in [2.05, 4.69) is 4.72 Å². The van der Waals surface area contributed by atoms with Crippen molar-refractivity contribution >= 4 is 22.0 Å². The van der Waals surface area contributed by atoms with Gasteiger partial charge in [0.1, 0.15) is 5.60 Å². The monoisotopic (exact) mass is 343 g/mol. The number of ether oxygens (including phenoxy) is 2. The van der Waals surface area contributed by atoms with Crippen LogP contribution in [0.25, 0.3) is 0 Å². The highest BCUT2D eigenvalue weighted by molar-refractivity contribution is 7.89. The first-order valence-corrected chi connectivity index (χ1v) is 8.52. The van der Waals surface area contributed by atoms with Gasteiger partial charge in [-0.2, -0.15) is 0 Å². The van der Waals surface area contributed by atoms with E-state index < -0.39 is 34.2 Å². The number of hydrogen-bond acceptors (Lipinski definition) is 6. The van der Waals surface area contributed by atoms with Gasteiger partial charge in [0.2, 0.25) is 10.0 Å². The van der Waals surface area contributed by atoms with E-state index in [1.807, 2.05) is 0 Å². The molecule has 0 amide bonds. The van der Waals surface area contributed by atoms with E-state index in [0.717, 1.165) is 0 Å². The Bertz CT molecular complexity index is 675. The van der Waals surface area contributed by atoms with E-state index in [-0.39, 0.29) is 17.0 Å². The number of benzene rings is 1. The number of esters is 2. The smallest absolute Gasteiger partial charge is 0.344 e. The van der Waals surface area contributed by atoms with E-state index in [1.54, 1.807) is 27.7 Å².